The van der Waals surface area contributed by atoms with E-state index in [1.165, 1.54) is 62.9 Å². The first-order valence-corrected chi connectivity index (χ1v) is 14.5. The van der Waals surface area contributed by atoms with Crippen LogP contribution in [0.15, 0.2) is 58.7 Å². The SMILES string of the molecule is COc1ccc2nc(S(=O)(=O)Cc3ncc(C)c(OC)c3C)n(S(=O)(=O)c3ccc(OCC(=O)O)cc3)c2c1.[H-].[Na+]. The van der Waals surface area contributed by atoms with Gasteiger partial charge in [0.2, 0.25) is 15.0 Å². The Kier molecular flexibility index (Phi) is 9.52. The molecule has 4 aromatic rings. The van der Waals surface area contributed by atoms with Crippen molar-refractivity contribution < 1.29 is 71.9 Å². The number of carboxylic acids is 1. The van der Waals surface area contributed by atoms with Gasteiger partial charge in [-0.05, 0) is 50.2 Å². The number of nitrogens with zero attached hydrogens (tertiary/aromatic N) is 3. The van der Waals surface area contributed by atoms with Crippen molar-refractivity contribution in [3.8, 4) is 17.2 Å². The van der Waals surface area contributed by atoms with Gasteiger partial charge in [-0.25, -0.2) is 30.6 Å². The van der Waals surface area contributed by atoms with E-state index in [4.69, 9.17) is 19.3 Å². The standard InChI is InChI=1S/C25H25N3O9S2.Na.H/c1-15-12-26-21(16(2)24(15)36-4)14-38(31,32)25-27-20-10-7-18(35-3)11-22(20)28(25)39(33,34)19-8-5-17(6-9-19)37-13-23(29)30;;/h5-12H,13-14H2,1-4H3,(H,29,30);;/q;+1;-1. The van der Waals surface area contributed by atoms with Crippen LogP contribution in [0.2, 0.25) is 0 Å². The van der Waals surface area contributed by atoms with Gasteiger partial charge in [0.1, 0.15) is 23.0 Å². The van der Waals surface area contributed by atoms with Gasteiger partial charge in [0.15, 0.2) is 6.61 Å². The Labute approximate surface area is 254 Å². The molecule has 0 aliphatic rings. The van der Waals surface area contributed by atoms with E-state index < -0.39 is 43.3 Å². The fourth-order valence-corrected chi connectivity index (χ4v) is 7.33. The molecule has 0 aliphatic carbocycles. The molecule has 12 nitrogen and oxygen atoms in total. The number of hydrogen-bond donors (Lipinski definition) is 1. The third-order valence-electron chi connectivity index (χ3n) is 5.87. The minimum atomic E-state index is -4.53. The Bertz CT molecular complexity index is 1790. The van der Waals surface area contributed by atoms with Crippen molar-refractivity contribution in [2.24, 2.45) is 0 Å². The summed E-state index contributed by atoms with van der Waals surface area (Å²) in [7, 11) is -6.05. The van der Waals surface area contributed by atoms with E-state index in [1.54, 1.807) is 13.8 Å². The number of imidazole rings is 1. The third-order valence-corrected chi connectivity index (χ3v) is 9.19. The molecule has 2 aromatic carbocycles. The van der Waals surface area contributed by atoms with Crippen LogP contribution >= 0.6 is 0 Å². The number of aliphatic carboxylic acids is 1. The van der Waals surface area contributed by atoms with Crippen LogP contribution in [-0.2, 0) is 30.4 Å². The van der Waals surface area contributed by atoms with Gasteiger partial charge in [-0.3, -0.25) is 4.98 Å². The summed E-state index contributed by atoms with van der Waals surface area (Å²) >= 11 is 0. The third kappa shape index (κ3) is 6.10. The Morgan fingerprint density at radius 3 is 2.25 bits per heavy atom. The second-order valence-corrected chi connectivity index (χ2v) is 12.1. The van der Waals surface area contributed by atoms with Crippen LogP contribution in [0, 0.1) is 13.8 Å². The number of sulfone groups is 1. The first-order valence-electron chi connectivity index (χ1n) is 11.4. The van der Waals surface area contributed by atoms with Crippen LogP contribution in [0.5, 0.6) is 17.2 Å². The molecule has 0 amide bonds. The second-order valence-electron chi connectivity index (χ2n) is 8.48. The van der Waals surface area contributed by atoms with Crippen molar-refractivity contribution in [2.45, 2.75) is 29.7 Å². The minimum Gasteiger partial charge on any atom is -1.00 e. The van der Waals surface area contributed by atoms with Gasteiger partial charge in [0.05, 0.1) is 35.8 Å². The van der Waals surface area contributed by atoms with Gasteiger partial charge >= 0.3 is 35.5 Å². The maximum absolute atomic E-state index is 13.9. The quantitative estimate of drug-likeness (QED) is 0.241. The molecule has 1 N–H and O–H groups in total. The van der Waals surface area contributed by atoms with Crippen molar-refractivity contribution in [2.75, 3.05) is 20.8 Å². The Morgan fingerprint density at radius 2 is 1.65 bits per heavy atom. The number of pyridine rings is 1. The van der Waals surface area contributed by atoms with Crippen LogP contribution in [0.3, 0.4) is 0 Å². The fraction of sp³-hybridized carbons (Fsp3) is 0.240. The second kappa shape index (κ2) is 12.1. The zero-order valence-corrected chi connectivity index (χ0v) is 26.0. The van der Waals surface area contributed by atoms with Crippen molar-refractivity contribution in [1.82, 2.24) is 13.9 Å². The number of fused-ring (bicyclic) bond motifs is 1. The molecule has 2 heterocycles. The maximum atomic E-state index is 13.9. The molecule has 0 aliphatic heterocycles. The van der Waals surface area contributed by atoms with Crippen LogP contribution < -0.4 is 43.8 Å². The van der Waals surface area contributed by atoms with Crippen molar-refractivity contribution in [3.63, 3.8) is 0 Å². The van der Waals surface area contributed by atoms with Gasteiger partial charge in [-0.2, -0.15) is 0 Å². The summed E-state index contributed by atoms with van der Waals surface area (Å²) in [5, 5.41) is 8.09. The molecule has 208 valence electrons. The molecule has 4 rings (SSSR count). The van der Waals surface area contributed by atoms with E-state index in [9.17, 15) is 21.6 Å². The monoisotopic (exact) mass is 599 g/mol. The summed E-state index contributed by atoms with van der Waals surface area (Å²) in [6.07, 6.45) is 1.48. The zero-order valence-electron chi connectivity index (χ0n) is 23.4. The molecule has 0 saturated heterocycles. The minimum absolute atomic E-state index is 0. The Morgan fingerprint density at radius 1 is 1.00 bits per heavy atom. The summed E-state index contributed by atoms with van der Waals surface area (Å²) in [6, 6.07) is 9.29. The van der Waals surface area contributed by atoms with Crippen LogP contribution in [0.4, 0.5) is 0 Å². The summed E-state index contributed by atoms with van der Waals surface area (Å²) < 4.78 is 71.5. The molecule has 0 atom stereocenters. The number of benzene rings is 2. The molecule has 15 heteroatoms. The summed E-state index contributed by atoms with van der Waals surface area (Å²) in [4.78, 5) is 18.9. The van der Waals surface area contributed by atoms with Crippen molar-refractivity contribution >= 4 is 36.9 Å². The van der Waals surface area contributed by atoms with E-state index in [-0.39, 0.29) is 58.4 Å². The molecule has 2 aromatic heterocycles. The van der Waals surface area contributed by atoms with E-state index in [0.717, 1.165) is 0 Å². The average molecular weight is 600 g/mol. The average Bonchev–Trinajstić information content (AvgIpc) is 3.30. The summed E-state index contributed by atoms with van der Waals surface area (Å²) in [5.74, 6) is -0.937. The Balaban J connectivity index is 0.00000294. The molecule has 40 heavy (non-hydrogen) atoms. The summed E-state index contributed by atoms with van der Waals surface area (Å²) in [6.45, 7) is 2.83. The molecular weight excluding hydrogens is 573 g/mol. The summed E-state index contributed by atoms with van der Waals surface area (Å²) in [5.41, 5.74) is 1.51. The zero-order chi connectivity index (χ0) is 28.5. The predicted molar refractivity (Wildman–Crippen MR) is 141 cm³/mol. The molecular formula is C25H26N3NaO9S2. The number of methoxy groups -OCH3 is 2. The molecule has 0 bridgehead atoms. The topological polar surface area (TPSA) is 164 Å². The van der Waals surface area contributed by atoms with E-state index in [0.29, 0.717) is 26.6 Å². The van der Waals surface area contributed by atoms with Gasteiger partial charge in [0, 0.05) is 23.4 Å². The molecule has 0 radical (unpaired) electrons. The molecule has 0 saturated carbocycles. The number of hydrogen-bond acceptors (Lipinski definition) is 10. The van der Waals surface area contributed by atoms with Crippen LogP contribution in [-0.4, -0.2) is 62.7 Å². The van der Waals surface area contributed by atoms with E-state index in [1.807, 2.05) is 0 Å². The Hall–Kier alpha value is -3.17. The predicted octanol–water partition coefficient (Wildman–Crippen LogP) is -0.144. The van der Waals surface area contributed by atoms with Gasteiger partial charge in [0.25, 0.3) is 10.0 Å². The number of rotatable bonds is 10. The largest absolute Gasteiger partial charge is 1.00 e. The number of carbonyl (C=O) groups is 1. The number of carboxylic acid groups (broad SMARTS) is 1. The fourth-order valence-electron chi connectivity index (χ4n) is 3.99. The first-order chi connectivity index (χ1) is 18.4. The maximum Gasteiger partial charge on any atom is 1.00 e. The smallest absolute Gasteiger partial charge is 1.00 e. The number of ether oxygens (including phenoxy) is 3. The van der Waals surface area contributed by atoms with Gasteiger partial charge in [-0.1, -0.05) is 0 Å². The van der Waals surface area contributed by atoms with E-state index >= 15 is 0 Å². The van der Waals surface area contributed by atoms with Gasteiger partial charge < -0.3 is 20.7 Å². The normalized spacial score (nSPS) is 11.6. The first kappa shape index (κ1) is 31.4. The van der Waals surface area contributed by atoms with Crippen molar-refractivity contribution in [1.29, 1.82) is 0 Å². The van der Waals surface area contributed by atoms with E-state index in [2.05, 4.69) is 9.97 Å². The molecule has 0 unspecified atom stereocenters. The number of aromatic nitrogens is 3. The van der Waals surface area contributed by atoms with Crippen molar-refractivity contribution in [3.05, 3.63) is 65.5 Å². The van der Waals surface area contributed by atoms with Gasteiger partial charge in [-0.15, -0.1) is 0 Å². The molecule has 0 fully saturated rings. The molecule has 0 spiro atoms. The number of aryl methyl sites for hydroxylation is 1. The van der Waals surface area contributed by atoms with Crippen LogP contribution in [0.1, 0.15) is 18.2 Å². The van der Waals surface area contributed by atoms with Crippen LogP contribution in [0.25, 0.3) is 11.0 Å².